The monoisotopic (exact) mass is 229 g/mol. The van der Waals surface area contributed by atoms with Gasteiger partial charge < -0.3 is 5.73 Å². The molecule has 66 valence electrons. The van der Waals surface area contributed by atoms with E-state index in [9.17, 15) is 0 Å². The second kappa shape index (κ2) is 4.52. The third kappa shape index (κ3) is 2.53. The van der Waals surface area contributed by atoms with Crippen molar-refractivity contribution in [3.05, 3.63) is 22.7 Å². The lowest BCUT2D eigenvalue weighted by Gasteiger charge is -2.06. The summed E-state index contributed by atoms with van der Waals surface area (Å²) in [7, 11) is 0. The minimum absolute atomic E-state index is 0.350. The number of aromatic nitrogens is 2. The lowest BCUT2D eigenvalue weighted by Crippen LogP contribution is -2.07. The van der Waals surface area contributed by atoms with Crippen molar-refractivity contribution in [3.8, 4) is 0 Å². The molecule has 1 aromatic rings. The first kappa shape index (κ1) is 9.61. The molecule has 1 heterocycles. The third-order valence-electron chi connectivity index (χ3n) is 1.68. The molecule has 0 bridgehead atoms. The molecule has 0 amide bonds. The lowest BCUT2D eigenvalue weighted by atomic mass is 10.1. The molecule has 1 aromatic heterocycles. The van der Waals surface area contributed by atoms with Crippen LogP contribution in [0.4, 0.5) is 0 Å². The van der Waals surface area contributed by atoms with Gasteiger partial charge in [0.05, 0.1) is 4.47 Å². The Hall–Kier alpha value is -0.480. The van der Waals surface area contributed by atoms with Gasteiger partial charge in [0.1, 0.15) is 5.82 Å². The maximum Gasteiger partial charge on any atom is 0.131 e. The zero-order valence-corrected chi connectivity index (χ0v) is 8.58. The van der Waals surface area contributed by atoms with E-state index in [0.717, 1.165) is 16.7 Å². The zero-order chi connectivity index (χ0) is 8.97. The average Bonchev–Trinajstić information content (AvgIpc) is 2.06. The summed E-state index contributed by atoms with van der Waals surface area (Å²) in [6, 6.07) is 0. The first-order valence-electron chi connectivity index (χ1n) is 3.91. The fourth-order valence-corrected chi connectivity index (χ4v) is 1.16. The normalized spacial score (nSPS) is 12.9. The fraction of sp³-hybridized carbons (Fsp3) is 0.500. The van der Waals surface area contributed by atoms with Crippen LogP contribution in [0, 0.1) is 0 Å². The zero-order valence-electron chi connectivity index (χ0n) is 7.00. The van der Waals surface area contributed by atoms with Crippen LogP contribution in [-0.2, 0) is 0 Å². The van der Waals surface area contributed by atoms with Crippen LogP contribution in [-0.4, -0.2) is 16.5 Å². The van der Waals surface area contributed by atoms with E-state index >= 15 is 0 Å². The second-order valence-electron chi connectivity index (χ2n) is 2.74. The molecule has 2 N–H and O–H groups in total. The van der Waals surface area contributed by atoms with E-state index in [1.165, 1.54) is 0 Å². The van der Waals surface area contributed by atoms with Gasteiger partial charge in [-0.15, -0.1) is 0 Å². The van der Waals surface area contributed by atoms with Crippen molar-refractivity contribution in [2.24, 2.45) is 5.73 Å². The molecule has 0 aromatic carbocycles. The van der Waals surface area contributed by atoms with Gasteiger partial charge in [-0.1, -0.05) is 6.92 Å². The number of halogens is 1. The van der Waals surface area contributed by atoms with Crippen LogP contribution >= 0.6 is 15.9 Å². The maximum absolute atomic E-state index is 5.43. The Balaban J connectivity index is 2.68. The van der Waals surface area contributed by atoms with E-state index in [-0.39, 0.29) is 0 Å². The molecular formula is C8H12BrN3. The Morgan fingerprint density at radius 1 is 1.50 bits per heavy atom. The first-order valence-corrected chi connectivity index (χ1v) is 4.71. The second-order valence-corrected chi connectivity index (χ2v) is 3.65. The van der Waals surface area contributed by atoms with Gasteiger partial charge in [-0.25, -0.2) is 9.97 Å². The molecule has 12 heavy (non-hydrogen) atoms. The quantitative estimate of drug-likeness (QED) is 0.859. The molecule has 1 atom stereocenters. The molecule has 1 unspecified atom stereocenters. The van der Waals surface area contributed by atoms with Gasteiger partial charge >= 0.3 is 0 Å². The topological polar surface area (TPSA) is 51.8 Å². The summed E-state index contributed by atoms with van der Waals surface area (Å²) in [5, 5.41) is 0. The molecule has 0 aliphatic carbocycles. The molecule has 0 saturated carbocycles. The van der Waals surface area contributed by atoms with Crippen LogP contribution in [0.5, 0.6) is 0 Å². The molecule has 0 aliphatic rings. The molecule has 4 heteroatoms. The average molecular weight is 230 g/mol. The minimum Gasteiger partial charge on any atom is -0.330 e. The van der Waals surface area contributed by atoms with Crippen molar-refractivity contribution in [2.45, 2.75) is 19.3 Å². The Bertz CT molecular complexity index is 235. The van der Waals surface area contributed by atoms with Crippen molar-refractivity contribution in [1.29, 1.82) is 0 Å². The van der Waals surface area contributed by atoms with Crippen molar-refractivity contribution in [2.75, 3.05) is 6.54 Å². The van der Waals surface area contributed by atoms with Crippen LogP contribution in [0.2, 0.25) is 0 Å². The van der Waals surface area contributed by atoms with Crippen LogP contribution in [0.15, 0.2) is 16.9 Å². The lowest BCUT2D eigenvalue weighted by molar-refractivity contribution is 0.646. The predicted octanol–water partition coefficient (Wildman–Crippen LogP) is 1.69. The third-order valence-corrected chi connectivity index (χ3v) is 2.09. The van der Waals surface area contributed by atoms with Crippen LogP contribution in [0.1, 0.15) is 25.1 Å². The maximum atomic E-state index is 5.43. The van der Waals surface area contributed by atoms with Gasteiger partial charge in [0.25, 0.3) is 0 Å². The summed E-state index contributed by atoms with van der Waals surface area (Å²) >= 11 is 3.28. The molecule has 0 fully saturated rings. The number of nitrogens with zero attached hydrogens (tertiary/aromatic N) is 2. The standard InChI is InChI=1S/C8H12BrN3/c1-6(2-3-10)8-11-4-7(9)5-12-8/h4-6H,2-3,10H2,1H3. The summed E-state index contributed by atoms with van der Waals surface area (Å²) in [4.78, 5) is 8.37. The van der Waals surface area contributed by atoms with Gasteiger partial charge in [-0.3, -0.25) is 0 Å². The van der Waals surface area contributed by atoms with E-state index in [1.54, 1.807) is 12.4 Å². The summed E-state index contributed by atoms with van der Waals surface area (Å²) in [6.45, 7) is 2.76. The summed E-state index contributed by atoms with van der Waals surface area (Å²) < 4.78 is 0.909. The SMILES string of the molecule is CC(CCN)c1ncc(Br)cn1. The van der Waals surface area contributed by atoms with Gasteiger partial charge in [0.15, 0.2) is 0 Å². The van der Waals surface area contributed by atoms with Crippen LogP contribution in [0.3, 0.4) is 0 Å². The van der Waals surface area contributed by atoms with Gasteiger partial charge in [0.2, 0.25) is 0 Å². The van der Waals surface area contributed by atoms with E-state index in [1.807, 2.05) is 0 Å². The molecular weight excluding hydrogens is 218 g/mol. The Morgan fingerprint density at radius 2 is 2.08 bits per heavy atom. The number of hydrogen-bond acceptors (Lipinski definition) is 3. The Kier molecular flexibility index (Phi) is 3.62. The number of nitrogens with two attached hydrogens (primary N) is 1. The highest BCUT2D eigenvalue weighted by molar-refractivity contribution is 9.10. The van der Waals surface area contributed by atoms with Gasteiger partial charge in [0, 0.05) is 18.3 Å². The van der Waals surface area contributed by atoms with Crippen molar-refractivity contribution in [1.82, 2.24) is 9.97 Å². The largest absolute Gasteiger partial charge is 0.330 e. The van der Waals surface area contributed by atoms with Crippen molar-refractivity contribution >= 4 is 15.9 Å². The highest BCUT2D eigenvalue weighted by Crippen LogP contribution is 2.14. The molecule has 0 radical (unpaired) electrons. The summed E-state index contributed by atoms with van der Waals surface area (Å²) in [6.07, 6.45) is 4.45. The molecule has 0 aliphatic heterocycles. The summed E-state index contributed by atoms with van der Waals surface area (Å²) in [5.41, 5.74) is 5.43. The number of hydrogen-bond donors (Lipinski definition) is 1. The van der Waals surface area contributed by atoms with Crippen molar-refractivity contribution < 1.29 is 0 Å². The van der Waals surface area contributed by atoms with Gasteiger partial charge in [-0.2, -0.15) is 0 Å². The molecule has 0 saturated heterocycles. The highest BCUT2D eigenvalue weighted by atomic mass is 79.9. The van der Waals surface area contributed by atoms with E-state index in [4.69, 9.17) is 5.73 Å². The predicted molar refractivity (Wildman–Crippen MR) is 51.8 cm³/mol. The van der Waals surface area contributed by atoms with E-state index in [0.29, 0.717) is 12.5 Å². The fourth-order valence-electron chi connectivity index (χ4n) is 0.956. The number of rotatable bonds is 3. The Morgan fingerprint density at radius 3 is 2.58 bits per heavy atom. The summed E-state index contributed by atoms with van der Waals surface area (Å²) in [5.74, 6) is 1.21. The van der Waals surface area contributed by atoms with E-state index < -0.39 is 0 Å². The molecule has 0 spiro atoms. The highest BCUT2D eigenvalue weighted by Gasteiger charge is 2.06. The first-order chi connectivity index (χ1) is 5.74. The Labute approximate surface area is 80.5 Å². The van der Waals surface area contributed by atoms with E-state index in [2.05, 4.69) is 32.8 Å². The minimum atomic E-state index is 0.350. The van der Waals surface area contributed by atoms with Gasteiger partial charge in [-0.05, 0) is 28.9 Å². The molecule has 3 nitrogen and oxygen atoms in total. The van der Waals surface area contributed by atoms with Crippen LogP contribution < -0.4 is 5.73 Å². The van der Waals surface area contributed by atoms with Crippen LogP contribution in [0.25, 0.3) is 0 Å². The molecule has 1 rings (SSSR count). The van der Waals surface area contributed by atoms with Crippen molar-refractivity contribution in [3.63, 3.8) is 0 Å². The smallest absolute Gasteiger partial charge is 0.131 e.